The number of nitrogens with zero attached hydrogens (tertiary/aromatic N) is 1. The molecule has 2 aromatic rings. The van der Waals surface area contributed by atoms with Gasteiger partial charge in [0.15, 0.2) is 10.4 Å². The van der Waals surface area contributed by atoms with Gasteiger partial charge < -0.3 is 5.73 Å². The van der Waals surface area contributed by atoms with Crippen LogP contribution in [0.25, 0.3) is 0 Å². The molecule has 0 radical (unpaired) electrons. The molecule has 0 aliphatic rings. The largest absolute Gasteiger partial charge is 0.436 e. The Kier molecular flexibility index (Phi) is 2.57. The predicted molar refractivity (Wildman–Crippen MR) is 59.8 cm³/mol. The average Bonchev–Trinajstić information content (AvgIpc) is 2.65. The molecule has 3 nitrogen and oxygen atoms in total. The highest BCUT2D eigenvalue weighted by Crippen LogP contribution is 2.20. The highest BCUT2D eigenvalue weighted by atomic mass is 32.1. The van der Waals surface area contributed by atoms with Crippen molar-refractivity contribution in [2.75, 3.05) is 5.73 Å². The standard InChI is InChI=1S/C9H8N2OPS/c10-9-11-8(6-14-9)13(12)7-4-2-1-3-5-7/h1-6H,(H2,10,11)/q+1. The van der Waals surface area contributed by atoms with Crippen LogP contribution in [-0.2, 0) is 4.57 Å². The van der Waals surface area contributed by atoms with Crippen LogP contribution in [0.1, 0.15) is 0 Å². The summed E-state index contributed by atoms with van der Waals surface area (Å²) in [5, 5.41) is 2.98. The molecule has 0 aliphatic heterocycles. The third kappa shape index (κ3) is 1.81. The van der Waals surface area contributed by atoms with E-state index in [1.165, 1.54) is 11.3 Å². The Morgan fingerprint density at radius 1 is 1.29 bits per heavy atom. The second-order valence-corrected chi connectivity index (χ2v) is 5.13. The third-order valence-electron chi connectivity index (χ3n) is 1.71. The summed E-state index contributed by atoms with van der Waals surface area (Å²) in [7, 11) is -1.58. The molecule has 70 valence electrons. The fourth-order valence-corrected chi connectivity index (χ4v) is 3.01. The number of aromatic nitrogens is 1. The molecular formula is C9H8N2OPS+. The first-order valence-electron chi connectivity index (χ1n) is 4.00. The lowest BCUT2D eigenvalue weighted by molar-refractivity contribution is 0.597. The molecule has 2 N–H and O–H groups in total. The number of hydrogen-bond donors (Lipinski definition) is 1. The Morgan fingerprint density at radius 2 is 2.00 bits per heavy atom. The molecule has 0 spiro atoms. The minimum atomic E-state index is -1.58. The summed E-state index contributed by atoms with van der Waals surface area (Å²) in [4.78, 5) is 4.00. The van der Waals surface area contributed by atoms with Crippen LogP contribution in [0.2, 0.25) is 0 Å². The lowest BCUT2D eigenvalue weighted by Gasteiger charge is -1.83. The van der Waals surface area contributed by atoms with E-state index in [-0.39, 0.29) is 0 Å². The number of nitrogen functional groups attached to an aromatic ring is 1. The van der Waals surface area contributed by atoms with Gasteiger partial charge in [-0.15, -0.1) is 11.3 Å². The van der Waals surface area contributed by atoms with Crippen LogP contribution in [0.4, 0.5) is 5.13 Å². The summed E-state index contributed by atoms with van der Waals surface area (Å²) in [5.41, 5.74) is 6.04. The van der Waals surface area contributed by atoms with Gasteiger partial charge in [0, 0.05) is 0 Å². The van der Waals surface area contributed by atoms with E-state index in [0.29, 0.717) is 10.6 Å². The number of benzene rings is 1. The van der Waals surface area contributed by atoms with Gasteiger partial charge in [0.2, 0.25) is 0 Å². The van der Waals surface area contributed by atoms with Crippen molar-refractivity contribution in [2.24, 2.45) is 0 Å². The average molecular weight is 223 g/mol. The highest BCUT2D eigenvalue weighted by molar-refractivity contribution is 7.61. The number of hydrogen-bond acceptors (Lipinski definition) is 4. The van der Waals surface area contributed by atoms with Gasteiger partial charge in [-0.05, 0) is 12.1 Å². The summed E-state index contributed by atoms with van der Waals surface area (Å²) in [6.45, 7) is 0. The number of anilines is 1. The van der Waals surface area contributed by atoms with E-state index in [2.05, 4.69) is 4.98 Å². The van der Waals surface area contributed by atoms with Crippen molar-refractivity contribution in [3.63, 3.8) is 0 Å². The molecular weight excluding hydrogens is 215 g/mol. The van der Waals surface area contributed by atoms with Crippen molar-refractivity contribution in [2.45, 2.75) is 0 Å². The van der Waals surface area contributed by atoms with Crippen molar-refractivity contribution < 1.29 is 4.57 Å². The third-order valence-corrected chi connectivity index (χ3v) is 3.97. The van der Waals surface area contributed by atoms with Crippen LogP contribution in [0.5, 0.6) is 0 Å². The number of nitrogens with two attached hydrogens (primary N) is 1. The van der Waals surface area contributed by atoms with Crippen LogP contribution in [-0.4, -0.2) is 4.98 Å². The summed E-state index contributed by atoms with van der Waals surface area (Å²) in [6, 6.07) is 9.27. The normalized spacial score (nSPS) is 11.3. The Bertz CT molecular complexity index is 455. The quantitative estimate of drug-likeness (QED) is 0.785. The van der Waals surface area contributed by atoms with Crippen molar-refractivity contribution in [1.29, 1.82) is 0 Å². The smallest absolute Gasteiger partial charge is 0.375 e. The topological polar surface area (TPSA) is 56.0 Å². The zero-order valence-electron chi connectivity index (χ0n) is 7.25. The van der Waals surface area contributed by atoms with Gasteiger partial charge in [-0.1, -0.05) is 22.8 Å². The Labute approximate surface area is 86.4 Å². The fraction of sp³-hybridized carbons (Fsp3) is 0. The zero-order valence-corrected chi connectivity index (χ0v) is 8.96. The van der Waals surface area contributed by atoms with E-state index in [0.717, 1.165) is 5.30 Å². The van der Waals surface area contributed by atoms with Crippen molar-refractivity contribution >= 4 is 35.0 Å². The molecule has 0 saturated carbocycles. The molecule has 1 aromatic carbocycles. The maximum Gasteiger partial charge on any atom is 0.436 e. The van der Waals surface area contributed by atoms with E-state index >= 15 is 0 Å². The van der Waals surface area contributed by atoms with E-state index in [9.17, 15) is 4.57 Å². The molecule has 1 unspecified atom stereocenters. The number of thiazole rings is 1. The zero-order chi connectivity index (χ0) is 9.97. The fourth-order valence-electron chi connectivity index (χ4n) is 1.07. The van der Waals surface area contributed by atoms with Crippen LogP contribution in [0.3, 0.4) is 0 Å². The van der Waals surface area contributed by atoms with Crippen LogP contribution >= 0.6 is 19.1 Å². The summed E-state index contributed by atoms with van der Waals surface area (Å²) >= 11 is 1.31. The first-order chi connectivity index (χ1) is 6.77. The van der Waals surface area contributed by atoms with Gasteiger partial charge in [0.25, 0.3) is 5.44 Å². The first kappa shape index (κ1) is 9.31. The van der Waals surface area contributed by atoms with E-state index < -0.39 is 7.80 Å². The maximum absolute atomic E-state index is 11.9. The molecule has 1 heterocycles. The Morgan fingerprint density at radius 3 is 2.57 bits per heavy atom. The summed E-state index contributed by atoms with van der Waals surface area (Å²) < 4.78 is 11.9. The summed E-state index contributed by atoms with van der Waals surface area (Å²) in [5.74, 6) is 0. The molecule has 2 rings (SSSR count). The van der Waals surface area contributed by atoms with E-state index in [4.69, 9.17) is 5.73 Å². The van der Waals surface area contributed by atoms with Gasteiger partial charge in [-0.3, -0.25) is 0 Å². The Balaban J connectivity index is 2.34. The second-order valence-electron chi connectivity index (χ2n) is 2.67. The molecule has 1 aromatic heterocycles. The molecule has 0 aliphatic carbocycles. The van der Waals surface area contributed by atoms with Gasteiger partial charge in [0.05, 0.1) is 5.38 Å². The molecule has 0 saturated heterocycles. The summed E-state index contributed by atoms with van der Waals surface area (Å²) in [6.07, 6.45) is 0. The lowest BCUT2D eigenvalue weighted by atomic mass is 10.4. The van der Waals surface area contributed by atoms with Gasteiger partial charge in [0.1, 0.15) is 0 Å². The molecule has 14 heavy (non-hydrogen) atoms. The number of rotatable bonds is 2. The van der Waals surface area contributed by atoms with Crippen molar-refractivity contribution in [1.82, 2.24) is 4.98 Å². The molecule has 0 fully saturated rings. The van der Waals surface area contributed by atoms with Gasteiger partial charge in [-0.2, -0.15) is 4.98 Å². The first-order valence-corrected chi connectivity index (χ1v) is 6.14. The van der Waals surface area contributed by atoms with E-state index in [1.54, 1.807) is 5.38 Å². The van der Waals surface area contributed by atoms with Crippen molar-refractivity contribution in [3.8, 4) is 0 Å². The van der Waals surface area contributed by atoms with Crippen LogP contribution in [0.15, 0.2) is 35.7 Å². The highest BCUT2D eigenvalue weighted by Gasteiger charge is 2.26. The molecule has 1 atom stereocenters. The van der Waals surface area contributed by atoms with Crippen LogP contribution < -0.4 is 16.5 Å². The van der Waals surface area contributed by atoms with E-state index in [1.807, 2.05) is 30.3 Å². The minimum absolute atomic E-state index is 0.458. The Hall–Kier alpha value is -1.25. The maximum atomic E-state index is 11.9. The van der Waals surface area contributed by atoms with Gasteiger partial charge >= 0.3 is 7.80 Å². The lowest BCUT2D eigenvalue weighted by Crippen LogP contribution is -2.06. The monoisotopic (exact) mass is 223 g/mol. The molecule has 5 heteroatoms. The van der Waals surface area contributed by atoms with Crippen molar-refractivity contribution in [3.05, 3.63) is 35.7 Å². The predicted octanol–water partition coefficient (Wildman–Crippen LogP) is 1.50. The second kappa shape index (κ2) is 3.86. The molecule has 0 bridgehead atoms. The van der Waals surface area contributed by atoms with Crippen LogP contribution in [0, 0.1) is 0 Å². The minimum Gasteiger partial charge on any atom is -0.375 e. The SMILES string of the molecule is Nc1nc([P+](=O)c2ccccc2)cs1. The molecule has 0 amide bonds. The van der Waals surface area contributed by atoms with Gasteiger partial charge in [-0.25, -0.2) is 0 Å².